The molecule has 0 aliphatic carbocycles. The summed E-state index contributed by atoms with van der Waals surface area (Å²) in [6, 6.07) is 6.85. The summed E-state index contributed by atoms with van der Waals surface area (Å²) in [7, 11) is 0. The van der Waals surface area contributed by atoms with E-state index in [0.29, 0.717) is 22.6 Å². The average molecular weight is 277 g/mol. The van der Waals surface area contributed by atoms with Gasteiger partial charge in [0.15, 0.2) is 0 Å². The molecule has 0 amide bonds. The van der Waals surface area contributed by atoms with Crippen LogP contribution in [0.25, 0.3) is 10.2 Å². The van der Waals surface area contributed by atoms with E-state index in [2.05, 4.69) is 10.3 Å². The van der Waals surface area contributed by atoms with Gasteiger partial charge in [0.05, 0.1) is 21.6 Å². The number of aromatic nitrogens is 1. The molecule has 3 N–H and O–H groups in total. The maximum atomic E-state index is 13.1. The monoisotopic (exact) mass is 277 g/mol. The van der Waals surface area contributed by atoms with Gasteiger partial charge >= 0.3 is 0 Å². The lowest BCUT2D eigenvalue weighted by molar-refractivity contribution is 0.584. The molecule has 19 heavy (non-hydrogen) atoms. The van der Waals surface area contributed by atoms with Crippen LogP contribution in [0.15, 0.2) is 35.8 Å². The molecule has 0 spiro atoms. The van der Waals surface area contributed by atoms with Gasteiger partial charge in [-0.3, -0.25) is 0 Å². The van der Waals surface area contributed by atoms with E-state index < -0.39 is 11.6 Å². The van der Waals surface area contributed by atoms with Gasteiger partial charge in [0.25, 0.3) is 0 Å². The first-order valence-corrected chi connectivity index (χ1v) is 6.36. The number of hydrogen-bond donors (Lipinski definition) is 2. The topological polar surface area (TPSA) is 50.9 Å². The van der Waals surface area contributed by atoms with Crippen LogP contribution in [0.5, 0.6) is 0 Å². The van der Waals surface area contributed by atoms with Crippen LogP contribution < -0.4 is 11.1 Å². The number of hydrogen-bond acceptors (Lipinski definition) is 4. The molecule has 0 bridgehead atoms. The van der Waals surface area contributed by atoms with Gasteiger partial charge in [0.2, 0.25) is 0 Å². The molecule has 0 saturated heterocycles. The van der Waals surface area contributed by atoms with Gasteiger partial charge in [-0.25, -0.2) is 13.8 Å². The largest absolute Gasteiger partial charge is 0.395 e. The van der Waals surface area contributed by atoms with Crippen molar-refractivity contribution in [1.29, 1.82) is 0 Å². The smallest absolute Gasteiger partial charge is 0.128 e. The van der Waals surface area contributed by atoms with Gasteiger partial charge in [-0.2, -0.15) is 0 Å². The molecule has 6 heteroatoms. The Hall–Kier alpha value is -2.21. The fourth-order valence-electron chi connectivity index (χ4n) is 1.84. The summed E-state index contributed by atoms with van der Waals surface area (Å²) in [6.45, 7) is 0. The predicted octanol–water partition coefficient (Wildman–Crippen LogP) is 3.90. The molecule has 0 radical (unpaired) electrons. The van der Waals surface area contributed by atoms with Gasteiger partial charge in [0.1, 0.15) is 17.2 Å². The van der Waals surface area contributed by atoms with Crippen molar-refractivity contribution in [2.75, 3.05) is 11.1 Å². The van der Waals surface area contributed by atoms with Gasteiger partial charge in [-0.1, -0.05) is 0 Å². The Balaban J connectivity index is 2.02. The molecular weight excluding hydrogens is 268 g/mol. The van der Waals surface area contributed by atoms with Crippen LogP contribution in [0.1, 0.15) is 0 Å². The number of nitrogens with zero attached hydrogens (tertiary/aromatic N) is 1. The average Bonchev–Trinajstić information content (AvgIpc) is 2.80. The number of nitrogen functional groups attached to an aromatic ring is 1. The van der Waals surface area contributed by atoms with E-state index in [9.17, 15) is 8.78 Å². The van der Waals surface area contributed by atoms with Crippen molar-refractivity contribution in [1.82, 2.24) is 4.98 Å². The third-order valence-electron chi connectivity index (χ3n) is 2.68. The van der Waals surface area contributed by atoms with Crippen LogP contribution in [0.3, 0.4) is 0 Å². The third kappa shape index (κ3) is 2.22. The molecule has 0 fully saturated rings. The number of anilines is 3. The Morgan fingerprint density at radius 2 is 1.84 bits per heavy atom. The van der Waals surface area contributed by atoms with E-state index in [-0.39, 0.29) is 0 Å². The summed E-state index contributed by atoms with van der Waals surface area (Å²) < 4.78 is 27.2. The molecule has 3 nitrogen and oxygen atoms in total. The van der Waals surface area contributed by atoms with E-state index in [4.69, 9.17) is 5.73 Å². The molecule has 96 valence electrons. The zero-order chi connectivity index (χ0) is 13.4. The lowest BCUT2D eigenvalue weighted by Gasteiger charge is -2.10. The SMILES string of the molecule is Nc1c(Nc2cc(F)cc(F)c2)ccc2scnc12. The summed E-state index contributed by atoms with van der Waals surface area (Å²) >= 11 is 1.48. The number of nitrogens with two attached hydrogens (primary N) is 1. The molecule has 0 atom stereocenters. The fraction of sp³-hybridized carbons (Fsp3) is 0. The summed E-state index contributed by atoms with van der Waals surface area (Å²) in [5, 5.41) is 2.90. The van der Waals surface area contributed by atoms with Crippen molar-refractivity contribution in [2.24, 2.45) is 0 Å². The molecule has 3 aromatic rings. The van der Waals surface area contributed by atoms with Gasteiger partial charge in [-0.05, 0) is 24.3 Å². The number of rotatable bonds is 2. The summed E-state index contributed by atoms with van der Waals surface area (Å²) in [6.07, 6.45) is 0. The summed E-state index contributed by atoms with van der Waals surface area (Å²) in [4.78, 5) is 4.16. The highest BCUT2D eigenvalue weighted by molar-refractivity contribution is 7.16. The minimum absolute atomic E-state index is 0.304. The molecule has 0 saturated carbocycles. The van der Waals surface area contributed by atoms with Crippen LogP contribution in [0.2, 0.25) is 0 Å². The zero-order valence-electron chi connectivity index (χ0n) is 9.65. The summed E-state index contributed by atoms with van der Waals surface area (Å²) in [5.74, 6) is -1.29. The second-order valence-corrected chi connectivity index (χ2v) is 4.90. The quantitative estimate of drug-likeness (QED) is 0.698. The van der Waals surface area contributed by atoms with E-state index in [1.165, 1.54) is 23.5 Å². The van der Waals surface area contributed by atoms with E-state index in [0.717, 1.165) is 10.8 Å². The molecule has 1 aromatic heterocycles. The predicted molar refractivity (Wildman–Crippen MR) is 73.7 cm³/mol. The van der Waals surface area contributed by atoms with Crippen molar-refractivity contribution in [2.45, 2.75) is 0 Å². The van der Waals surface area contributed by atoms with Crippen LogP contribution in [0, 0.1) is 11.6 Å². The van der Waals surface area contributed by atoms with Gasteiger partial charge in [0, 0.05) is 11.8 Å². The number of nitrogens with one attached hydrogen (secondary N) is 1. The highest BCUT2D eigenvalue weighted by Crippen LogP contribution is 2.32. The first-order valence-electron chi connectivity index (χ1n) is 5.48. The fourth-order valence-corrected chi connectivity index (χ4v) is 2.54. The van der Waals surface area contributed by atoms with Crippen molar-refractivity contribution in [3.05, 3.63) is 47.5 Å². The molecule has 0 aliphatic rings. The Morgan fingerprint density at radius 1 is 1.11 bits per heavy atom. The van der Waals surface area contributed by atoms with Crippen LogP contribution in [-0.4, -0.2) is 4.98 Å². The van der Waals surface area contributed by atoms with Crippen molar-refractivity contribution >= 4 is 38.6 Å². The Kier molecular flexibility index (Phi) is 2.79. The van der Waals surface area contributed by atoms with Crippen molar-refractivity contribution in [3.8, 4) is 0 Å². The normalized spacial score (nSPS) is 10.8. The summed E-state index contributed by atoms with van der Waals surface area (Å²) in [5.41, 5.74) is 9.71. The molecule has 0 unspecified atom stereocenters. The van der Waals surface area contributed by atoms with Gasteiger partial charge < -0.3 is 11.1 Å². The third-order valence-corrected chi connectivity index (χ3v) is 3.48. The highest BCUT2D eigenvalue weighted by Gasteiger charge is 2.08. The standard InChI is InChI=1S/C13H9F2N3S/c14-7-3-8(15)5-9(4-7)18-10-1-2-11-13(12(10)16)17-6-19-11/h1-6,18H,16H2. The Bertz CT molecular complexity index is 734. The molecular formula is C13H9F2N3S. The number of benzene rings is 2. The number of fused-ring (bicyclic) bond motifs is 1. The molecule has 2 aromatic carbocycles. The van der Waals surface area contributed by atoms with E-state index in [1.807, 2.05) is 6.07 Å². The molecule has 3 rings (SSSR count). The zero-order valence-corrected chi connectivity index (χ0v) is 10.5. The molecule has 1 heterocycles. The molecule has 0 aliphatic heterocycles. The van der Waals surface area contributed by atoms with Crippen molar-refractivity contribution < 1.29 is 8.78 Å². The van der Waals surface area contributed by atoms with Crippen LogP contribution in [-0.2, 0) is 0 Å². The minimum atomic E-state index is -0.643. The Labute approximate surface area is 111 Å². The van der Waals surface area contributed by atoms with Gasteiger partial charge in [-0.15, -0.1) is 11.3 Å². The minimum Gasteiger partial charge on any atom is -0.395 e. The Morgan fingerprint density at radius 3 is 2.58 bits per heavy atom. The van der Waals surface area contributed by atoms with Crippen molar-refractivity contribution in [3.63, 3.8) is 0 Å². The lowest BCUT2D eigenvalue weighted by atomic mass is 10.2. The van der Waals surface area contributed by atoms with E-state index in [1.54, 1.807) is 11.6 Å². The first kappa shape index (κ1) is 11.9. The number of thiazole rings is 1. The maximum absolute atomic E-state index is 13.1. The van der Waals surface area contributed by atoms with Crippen LogP contribution in [0.4, 0.5) is 25.8 Å². The first-order chi connectivity index (χ1) is 9.13. The van der Waals surface area contributed by atoms with Crippen LogP contribution >= 0.6 is 11.3 Å². The second-order valence-electron chi connectivity index (χ2n) is 4.01. The number of halogens is 2. The van der Waals surface area contributed by atoms with E-state index >= 15 is 0 Å². The maximum Gasteiger partial charge on any atom is 0.128 e. The highest BCUT2D eigenvalue weighted by atomic mass is 32.1. The second kappa shape index (κ2) is 4.47. The lowest BCUT2D eigenvalue weighted by Crippen LogP contribution is -1.98.